The molecule has 1 aromatic carbocycles. The van der Waals surface area contributed by atoms with Gasteiger partial charge in [0.15, 0.2) is 0 Å². The van der Waals surface area contributed by atoms with Crippen LogP contribution in [0, 0.1) is 11.3 Å². The lowest BCUT2D eigenvalue weighted by atomic mass is 10.2. The Labute approximate surface area is 156 Å². The van der Waals surface area contributed by atoms with E-state index in [1.165, 1.54) is 22.6 Å². The monoisotopic (exact) mass is 386 g/mol. The van der Waals surface area contributed by atoms with Crippen molar-refractivity contribution in [2.45, 2.75) is 24.3 Å². The largest absolute Gasteiger partial charge is 0.324 e. The number of aromatic nitrogens is 1. The minimum absolute atomic E-state index is 0.0109. The van der Waals surface area contributed by atoms with Gasteiger partial charge in [0.25, 0.3) is 5.56 Å². The van der Waals surface area contributed by atoms with Gasteiger partial charge in [0.2, 0.25) is 15.9 Å². The second-order valence-corrected chi connectivity index (χ2v) is 8.12. The van der Waals surface area contributed by atoms with Crippen molar-refractivity contribution in [3.05, 3.63) is 58.5 Å². The van der Waals surface area contributed by atoms with E-state index >= 15 is 0 Å². The van der Waals surface area contributed by atoms with E-state index in [-0.39, 0.29) is 11.4 Å². The van der Waals surface area contributed by atoms with E-state index in [2.05, 4.69) is 5.32 Å². The van der Waals surface area contributed by atoms with E-state index in [9.17, 15) is 18.0 Å². The standard InChI is InChI=1S/C18H18N4O4S/c19-11-14-4-3-5-15(10-14)20-17(23)13-21-12-16(6-7-18(21)24)27(25,26)22-8-1-2-9-22/h3-7,10,12H,1-2,8-9,13H2,(H,20,23). The fourth-order valence-electron chi connectivity index (χ4n) is 2.88. The second kappa shape index (κ2) is 7.73. The van der Waals surface area contributed by atoms with Crippen molar-refractivity contribution in [2.75, 3.05) is 18.4 Å². The predicted octanol–water partition coefficient (Wildman–Crippen LogP) is 1.14. The number of nitriles is 1. The van der Waals surface area contributed by atoms with Crippen molar-refractivity contribution in [3.8, 4) is 6.07 Å². The highest BCUT2D eigenvalue weighted by atomic mass is 32.2. The number of nitrogens with one attached hydrogen (secondary N) is 1. The van der Waals surface area contributed by atoms with E-state index in [4.69, 9.17) is 5.26 Å². The molecule has 0 spiro atoms. The van der Waals surface area contributed by atoms with Crippen molar-refractivity contribution in [3.63, 3.8) is 0 Å². The number of rotatable bonds is 5. The van der Waals surface area contributed by atoms with Gasteiger partial charge in [-0.2, -0.15) is 9.57 Å². The van der Waals surface area contributed by atoms with Crippen LogP contribution in [0.2, 0.25) is 0 Å². The third kappa shape index (κ3) is 4.24. The Balaban J connectivity index is 1.79. The van der Waals surface area contributed by atoms with Crippen LogP contribution in [-0.4, -0.2) is 36.3 Å². The number of amides is 1. The highest BCUT2D eigenvalue weighted by molar-refractivity contribution is 7.89. The summed E-state index contributed by atoms with van der Waals surface area (Å²) in [5.41, 5.74) is 0.341. The Morgan fingerprint density at radius 1 is 1.19 bits per heavy atom. The van der Waals surface area contributed by atoms with Gasteiger partial charge in [-0.1, -0.05) is 6.07 Å². The summed E-state index contributed by atoms with van der Waals surface area (Å²) in [4.78, 5) is 24.3. The normalized spacial score (nSPS) is 14.6. The lowest BCUT2D eigenvalue weighted by molar-refractivity contribution is -0.116. The summed E-state index contributed by atoms with van der Waals surface area (Å²) >= 11 is 0. The van der Waals surface area contributed by atoms with Gasteiger partial charge < -0.3 is 9.88 Å². The summed E-state index contributed by atoms with van der Waals surface area (Å²) in [5.74, 6) is -0.497. The Kier molecular flexibility index (Phi) is 5.39. The zero-order valence-corrected chi connectivity index (χ0v) is 15.3. The second-order valence-electron chi connectivity index (χ2n) is 6.18. The first-order chi connectivity index (χ1) is 12.9. The molecule has 1 aliphatic rings. The molecule has 0 unspecified atom stereocenters. The minimum Gasteiger partial charge on any atom is -0.324 e. The molecule has 0 radical (unpaired) electrons. The maximum Gasteiger partial charge on any atom is 0.251 e. The molecule has 9 heteroatoms. The molecule has 1 aliphatic heterocycles. The summed E-state index contributed by atoms with van der Waals surface area (Å²) in [7, 11) is -3.68. The number of sulfonamides is 1. The zero-order valence-electron chi connectivity index (χ0n) is 14.5. The van der Waals surface area contributed by atoms with E-state index in [1.807, 2.05) is 6.07 Å². The quantitative estimate of drug-likeness (QED) is 0.828. The molecule has 2 heterocycles. The Bertz CT molecular complexity index is 1060. The van der Waals surface area contributed by atoms with Gasteiger partial charge in [0, 0.05) is 31.0 Å². The lowest BCUT2D eigenvalue weighted by Crippen LogP contribution is -2.31. The Morgan fingerprint density at radius 2 is 1.93 bits per heavy atom. The Morgan fingerprint density at radius 3 is 2.63 bits per heavy atom. The van der Waals surface area contributed by atoms with Crippen molar-refractivity contribution in [1.82, 2.24) is 8.87 Å². The molecular weight excluding hydrogens is 368 g/mol. The zero-order chi connectivity index (χ0) is 19.4. The van der Waals surface area contributed by atoms with Crippen LogP contribution in [0.25, 0.3) is 0 Å². The van der Waals surface area contributed by atoms with Crippen molar-refractivity contribution < 1.29 is 13.2 Å². The average molecular weight is 386 g/mol. The van der Waals surface area contributed by atoms with Crippen LogP contribution < -0.4 is 10.9 Å². The number of nitrogens with zero attached hydrogens (tertiary/aromatic N) is 3. The first-order valence-corrected chi connectivity index (χ1v) is 9.85. The van der Waals surface area contributed by atoms with E-state index in [0.717, 1.165) is 23.5 Å². The van der Waals surface area contributed by atoms with Crippen LogP contribution in [0.5, 0.6) is 0 Å². The maximum atomic E-state index is 12.6. The van der Waals surface area contributed by atoms with Gasteiger partial charge in [-0.25, -0.2) is 8.42 Å². The third-order valence-electron chi connectivity index (χ3n) is 4.25. The van der Waals surface area contributed by atoms with Crippen LogP contribution in [0.4, 0.5) is 5.69 Å². The van der Waals surface area contributed by atoms with E-state index < -0.39 is 21.5 Å². The molecular formula is C18H18N4O4S. The fourth-order valence-corrected chi connectivity index (χ4v) is 4.42. The highest BCUT2D eigenvalue weighted by Gasteiger charge is 2.27. The van der Waals surface area contributed by atoms with Crippen LogP contribution in [0.15, 0.2) is 52.3 Å². The van der Waals surface area contributed by atoms with Crippen molar-refractivity contribution >= 4 is 21.6 Å². The molecule has 1 saturated heterocycles. The van der Waals surface area contributed by atoms with Gasteiger partial charge in [-0.3, -0.25) is 9.59 Å². The number of benzene rings is 1. The molecule has 3 rings (SSSR count). The topological polar surface area (TPSA) is 112 Å². The molecule has 0 saturated carbocycles. The van der Waals surface area contributed by atoms with Gasteiger partial charge >= 0.3 is 0 Å². The predicted molar refractivity (Wildman–Crippen MR) is 98.5 cm³/mol. The molecule has 1 N–H and O–H groups in total. The first kappa shape index (κ1) is 18.8. The molecule has 0 aliphatic carbocycles. The number of anilines is 1. The van der Waals surface area contributed by atoms with Gasteiger partial charge in [-0.05, 0) is 37.1 Å². The molecule has 2 aromatic rings. The summed E-state index contributed by atoms with van der Waals surface area (Å²) in [6.45, 7) is 0.577. The van der Waals surface area contributed by atoms with Gasteiger partial charge in [0.05, 0.1) is 16.5 Å². The molecule has 0 bridgehead atoms. The lowest BCUT2D eigenvalue weighted by Gasteiger charge is -2.16. The minimum atomic E-state index is -3.68. The first-order valence-electron chi connectivity index (χ1n) is 8.41. The molecule has 27 heavy (non-hydrogen) atoms. The summed E-state index contributed by atoms with van der Waals surface area (Å²) in [6.07, 6.45) is 2.81. The SMILES string of the molecule is N#Cc1cccc(NC(=O)Cn2cc(S(=O)(=O)N3CCCC3)ccc2=O)c1. The van der Waals surface area contributed by atoms with Crippen LogP contribution >= 0.6 is 0 Å². The maximum absolute atomic E-state index is 12.6. The molecule has 140 valence electrons. The number of pyridine rings is 1. The number of carbonyl (C=O) groups is 1. The smallest absolute Gasteiger partial charge is 0.251 e. The van der Waals surface area contributed by atoms with Gasteiger partial charge in [-0.15, -0.1) is 0 Å². The van der Waals surface area contributed by atoms with Crippen LogP contribution in [0.3, 0.4) is 0 Å². The summed E-state index contributed by atoms with van der Waals surface area (Å²) < 4.78 is 27.7. The molecule has 1 amide bonds. The van der Waals surface area contributed by atoms with Crippen LogP contribution in [0.1, 0.15) is 18.4 Å². The van der Waals surface area contributed by atoms with E-state index in [0.29, 0.717) is 24.3 Å². The molecule has 8 nitrogen and oxygen atoms in total. The Hall–Kier alpha value is -2.96. The highest BCUT2D eigenvalue weighted by Crippen LogP contribution is 2.19. The average Bonchev–Trinajstić information content (AvgIpc) is 3.19. The summed E-state index contributed by atoms with van der Waals surface area (Å²) in [6, 6.07) is 10.7. The van der Waals surface area contributed by atoms with Crippen molar-refractivity contribution in [2.24, 2.45) is 0 Å². The molecule has 0 atom stereocenters. The molecule has 1 fully saturated rings. The van der Waals surface area contributed by atoms with Crippen LogP contribution in [-0.2, 0) is 21.4 Å². The van der Waals surface area contributed by atoms with Crippen molar-refractivity contribution in [1.29, 1.82) is 5.26 Å². The number of hydrogen-bond donors (Lipinski definition) is 1. The fraction of sp³-hybridized carbons (Fsp3) is 0.278. The number of hydrogen-bond acceptors (Lipinski definition) is 5. The third-order valence-corrected chi connectivity index (χ3v) is 6.13. The molecule has 1 aromatic heterocycles. The number of carbonyl (C=O) groups excluding carboxylic acids is 1. The van der Waals surface area contributed by atoms with Gasteiger partial charge in [0.1, 0.15) is 6.54 Å². The summed E-state index contributed by atoms with van der Waals surface area (Å²) in [5, 5.41) is 11.5. The van der Waals surface area contributed by atoms with E-state index in [1.54, 1.807) is 18.2 Å².